The summed E-state index contributed by atoms with van der Waals surface area (Å²) in [5.74, 6) is 0.125. The number of hydrogen-bond acceptors (Lipinski definition) is 5. The van der Waals surface area contributed by atoms with Crippen LogP contribution in [0.4, 0.5) is 4.39 Å². The van der Waals surface area contributed by atoms with Crippen molar-refractivity contribution in [2.45, 2.75) is 18.6 Å². The number of nitrogens with zero attached hydrogens (tertiary/aromatic N) is 1. The fourth-order valence-corrected chi connectivity index (χ4v) is 2.69. The first-order valence-electron chi connectivity index (χ1n) is 7.33. The Bertz CT molecular complexity index is 639. The van der Waals surface area contributed by atoms with E-state index in [1.165, 1.54) is 0 Å². The number of alkyl halides is 1. The summed E-state index contributed by atoms with van der Waals surface area (Å²) in [7, 11) is 0. The van der Waals surface area contributed by atoms with Gasteiger partial charge in [0.2, 0.25) is 18.4 Å². The van der Waals surface area contributed by atoms with Crippen LogP contribution in [0.3, 0.4) is 0 Å². The monoisotopic (exact) mass is 323 g/mol. The van der Waals surface area contributed by atoms with E-state index in [-0.39, 0.29) is 32.2 Å². The topological polar surface area (TPSA) is 93.9 Å². The Morgan fingerprint density at radius 3 is 2.87 bits per heavy atom. The molecule has 7 nitrogen and oxygen atoms in total. The minimum Gasteiger partial charge on any atom is -0.454 e. The van der Waals surface area contributed by atoms with Gasteiger partial charge in [0.15, 0.2) is 11.5 Å². The lowest BCUT2D eigenvalue weighted by molar-refractivity contribution is -0.129. The number of likely N-dealkylation sites (tertiary alicyclic amines) is 1. The molecule has 3 rings (SSSR count). The van der Waals surface area contributed by atoms with Crippen molar-refractivity contribution in [3.63, 3.8) is 0 Å². The fraction of sp³-hybridized carbons (Fsp3) is 0.467. The van der Waals surface area contributed by atoms with E-state index in [2.05, 4.69) is 5.32 Å². The molecule has 0 radical (unpaired) electrons. The molecule has 23 heavy (non-hydrogen) atoms. The maximum atomic E-state index is 14.0. The number of nitrogens with one attached hydrogen (secondary N) is 1. The largest absolute Gasteiger partial charge is 0.454 e. The normalized spacial score (nSPS) is 23.0. The summed E-state index contributed by atoms with van der Waals surface area (Å²) in [6, 6.07) is 5.43. The minimum absolute atomic E-state index is 0.0256. The van der Waals surface area contributed by atoms with E-state index in [0.29, 0.717) is 24.6 Å². The van der Waals surface area contributed by atoms with Crippen molar-refractivity contribution in [1.82, 2.24) is 10.2 Å². The van der Waals surface area contributed by atoms with Crippen molar-refractivity contribution in [2.24, 2.45) is 5.73 Å². The van der Waals surface area contributed by atoms with Gasteiger partial charge in [-0.15, -0.1) is 0 Å². The summed E-state index contributed by atoms with van der Waals surface area (Å²) in [6.07, 6.45) is 0.0256. The molecule has 2 amide bonds. The lowest BCUT2D eigenvalue weighted by Gasteiger charge is -2.17. The standard InChI is InChI=1S/C15H18FN3O4/c16-15(14(17)21)3-4-19(8-15)7-13(20)18-6-10-1-2-11-12(5-10)23-9-22-11/h1-2,5H,3-4,6-9H2,(H2,17,21)(H,18,20). The third-order valence-corrected chi connectivity index (χ3v) is 4.03. The SMILES string of the molecule is NC(=O)C1(F)CCN(CC(=O)NCc2ccc3c(c2)OCO3)C1. The third-order valence-electron chi connectivity index (χ3n) is 4.03. The van der Waals surface area contributed by atoms with Gasteiger partial charge in [-0.1, -0.05) is 6.07 Å². The van der Waals surface area contributed by atoms with Crippen molar-refractivity contribution in [1.29, 1.82) is 0 Å². The molecule has 2 aliphatic rings. The number of benzene rings is 1. The lowest BCUT2D eigenvalue weighted by Crippen LogP contribution is -2.43. The first-order valence-corrected chi connectivity index (χ1v) is 7.33. The molecule has 1 saturated heterocycles. The van der Waals surface area contributed by atoms with E-state index in [1.807, 2.05) is 6.07 Å². The van der Waals surface area contributed by atoms with Crippen LogP contribution in [0.15, 0.2) is 18.2 Å². The second-order valence-electron chi connectivity index (χ2n) is 5.75. The maximum Gasteiger partial charge on any atom is 0.256 e. The zero-order chi connectivity index (χ0) is 16.4. The van der Waals surface area contributed by atoms with Crippen LogP contribution in [-0.2, 0) is 16.1 Å². The molecule has 1 aromatic carbocycles. The molecule has 0 spiro atoms. The van der Waals surface area contributed by atoms with Gasteiger partial charge in [-0.3, -0.25) is 14.5 Å². The molecule has 0 aromatic heterocycles. The molecule has 0 bridgehead atoms. The Labute approximate surface area is 132 Å². The van der Waals surface area contributed by atoms with Gasteiger partial charge in [0, 0.05) is 26.1 Å². The zero-order valence-electron chi connectivity index (χ0n) is 12.5. The third kappa shape index (κ3) is 3.37. The van der Waals surface area contributed by atoms with Crippen molar-refractivity contribution in [2.75, 3.05) is 26.4 Å². The van der Waals surface area contributed by atoms with Crippen LogP contribution in [0.2, 0.25) is 0 Å². The predicted octanol–water partition coefficient (Wildman–Crippen LogP) is -0.0692. The smallest absolute Gasteiger partial charge is 0.256 e. The molecule has 1 aromatic rings. The van der Waals surface area contributed by atoms with Gasteiger partial charge >= 0.3 is 0 Å². The Morgan fingerprint density at radius 1 is 1.35 bits per heavy atom. The van der Waals surface area contributed by atoms with Crippen LogP contribution in [0.5, 0.6) is 11.5 Å². The molecule has 124 valence electrons. The van der Waals surface area contributed by atoms with Crippen molar-refractivity contribution < 1.29 is 23.5 Å². The van der Waals surface area contributed by atoms with Gasteiger partial charge in [-0.05, 0) is 17.7 Å². The Balaban J connectivity index is 1.48. The van der Waals surface area contributed by atoms with Crippen molar-refractivity contribution in [3.05, 3.63) is 23.8 Å². The lowest BCUT2D eigenvalue weighted by atomic mass is 10.1. The highest BCUT2D eigenvalue weighted by Crippen LogP contribution is 2.32. The highest BCUT2D eigenvalue weighted by atomic mass is 19.1. The zero-order valence-corrected chi connectivity index (χ0v) is 12.5. The molecule has 2 heterocycles. The van der Waals surface area contributed by atoms with Crippen LogP contribution >= 0.6 is 0 Å². The predicted molar refractivity (Wildman–Crippen MR) is 78.5 cm³/mol. The molecule has 3 N–H and O–H groups in total. The quantitative estimate of drug-likeness (QED) is 0.791. The minimum atomic E-state index is -2.03. The van der Waals surface area contributed by atoms with Gasteiger partial charge in [0.25, 0.3) is 5.91 Å². The molecule has 1 atom stereocenters. The average Bonchev–Trinajstić information content (AvgIpc) is 3.12. The number of fused-ring (bicyclic) bond motifs is 1. The van der Waals surface area contributed by atoms with Crippen LogP contribution < -0.4 is 20.5 Å². The summed E-state index contributed by atoms with van der Waals surface area (Å²) in [4.78, 5) is 24.6. The second-order valence-corrected chi connectivity index (χ2v) is 5.75. The molecule has 8 heteroatoms. The Hall–Kier alpha value is -2.35. The van der Waals surface area contributed by atoms with E-state index < -0.39 is 11.6 Å². The number of hydrogen-bond donors (Lipinski definition) is 2. The first kappa shape index (κ1) is 15.5. The number of carbonyl (C=O) groups is 2. The van der Waals surface area contributed by atoms with Crippen molar-refractivity contribution in [3.8, 4) is 11.5 Å². The van der Waals surface area contributed by atoms with Crippen LogP contribution in [0, 0.1) is 0 Å². The number of primary amides is 1. The van der Waals surface area contributed by atoms with E-state index >= 15 is 0 Å². The average molecular weight is 323 g/mol. The number of nitrogens with two attached hydrogens (primary N) is 1. The highest BCUT2D eigenvalue weighted by molar-refractivity contribution is 5.84. The second kappa shape index (κ2) is 6.04. The fourth-order valence-electron chi connectivity index (χ4n) is 2.69. The first-order chi connectivity index (χ1) is 11.0. The van der Waals surface area contributed by atoms with Gasteiger partial charge in [-0.25, -0.2) is 4.39 Å². The summed E-state index contributed by atoms with van der Waals surface area (Å²) >= 11 is 0. The van der Waals surface area contributed by atoms with E-state index in [9.17, 15) is 14.0 Å². The number of carbonyl (C=O) groups excluding carboxylic acids is 2. The number of ether oxygens (including phenoxy) is 2. The Kier molecular flexibility index (Phi) is 4.08. The molecule has 1 fully saturated rings. The maximum absolute atomic E-state index is 14.0. The summed E-state index contributed by atoms with van der Waals surface area (Å²) < 4.78 is 24.5. The van der Waals surface area contributed by atoms with E-state index in [1.54, 1.807) is 17.0 Å². The van der Waals surface area contributed by atoms with E-state index in [0.717, 1.165) is 5.56 Å². The van der Waals surface area contributed by atoms with Gasteiger partial charge in [0.05, 0.1) is 6.54 Å². The molecular weight excluding hydrogens is 305 g/mol. The summed E-state index contributed by atoms with van der Waals surface area (Å²) in [6.45, 7) is 0.755. The summed E-state index contributed by atoms with van der Waals surface area (Å²) in [5, 5.41) is 2.76. The summed E-state index contributed by atoms with van der Waals surface area (Å²) in [5.41, 5.74) is 3.89. The number of amides is 2. The van der Waals surface area contributed by atoms with Crippen LogP contribution in [-0.4, -0.2) is 48.8 Å². The molecule has 2 aliphatic heterocycles. The van der Waals surface area contributed by atoms with Gasteiger partial charge < -0.3 is 20.5 Å². The Morgan fingerprint density at radius 2 is 2.13 bits per heavy atom. The molecule has 1 unspecified atom stereocenters. The van der Waals surface area contributed by atoms with E-state index in [4.69, 9.17) is 15.2 Å². The van der Waals surface area contributed by atoms with Gasteiger partial charge in [0.1, 0.15) is 0 Å². The van der Waals surface area contributed by atoms with Crippen molar-refractivity contribution >= 4 is 11.8 Å². The van der Waals surface area contributed by atoms with Crippen LogP contribution in [0.1, 0.15) is 12.0 Å². The number of halogens is 1. The van der Waals surface area contributed by atoms with Crippen LogP contribution in [0.25, 0.3) is 0 Å². The molecular formula is C15H18FN3O4. The molecule has 0 aliphatic carbocycles. The number of rotatable bonds is 5. The highest BCUT2D eigenvalue weighted by Gasteiger charge is 2.43. The van der Waals surface area contributed by atoms with Gasteiger partial charge in [-0.2, -0.15) is 0 Å². The molecule has 0 saturated carbocycles.